The van der Waals surface area contributed by atoms with Crippen LogP contribution < -0.4 is 5.32 Å². The molecule has 0 heterocycles. The number of anilines is 1. The number of nitrogens with zero attached hydrogens (tertiary/aromatic N) is 1. The molecule has 2 aromatic carbocycles. The maximum atomic E-state index is 12.6. The highest BCUT2D eigenvalue weighted by Gasteiger charge is 2.30. The average molecular weight is 388 g/mol. The van der Waals surface area contributed by atoms with Gasteiger partial charge in [-0.05, 0) is 42.3 Å². The Morgan fingerprint density at radius 3 is 2.44 bits per heavy atom. The summed E-state index contributed by atoms with van der Waals surface area (Å²) in [5, 5.41) is 13.4. The van der Waals surface area contributed by atoms with Gasteiger partial charge >= 0.3 is 5.51 Å². The van der Waals surface area contributed by atoms with E-state index >= 15 is 0 Å². The van der Waals surface area contributed by atoms with Crippen molar-refractivity contribution in [2.75, 3.05) is 11.6 Å². The number of amides is 1. The van der Waals surface area contributed by atoms with Crippen molar-refractivity contribution in [1.82, 2.24) is 0 Å². The van der Waals surface area contributed by atoms with E-state index in [4.69, 9.17) is 0 Å². The van der Waals surface area contributed by atoms with Crippen molar-refractivity contribution in [3.63, 3.8) is 0 Å². The molecule has 1 amide bonds. The summed E-state index contributed by atoms with van der Waals surface area (Å²) in [6, 6.07) is 9.36. The normalized spacial score (nSPS) is 11.2. The quantitative estimate of drug-likeness (QED) is 0.434. The minimum atomic E-state index is -4.50. The van der Waals surface area contributed by atoms with Crippen molar-refractivity contribution in [1.29, 1.82) is 0 Å². The number of para-hydroxylation sites is 1. The number of rotatable bonds is 5. The van der Waals surface area contributed by atoms with Gasteiger partial charge in [-0.15, -0.1) is 11.8 Å². The lowest BCUT2D eigenvalue weighted by Gasteiger charge is -2.12. The number of carbonyl (C=O) groups excluding carboxylic acids is 1. The summed E-state index contributed by atoms with van der Waals surface area (Å²) >= 11 is 0.808. The Kier molecular flexibility index (Phi) is 5.96. The number of nitrogens with one attached hydrogen (secondary N) is 1. The van der Waals surface area contributed by atoms with E-state index < -0.39 is 16.3 Å². The van der Waals surface area contributed by atoms with Gasteiger partial charge < -0.3 is 5.32 Å². The zero-order chi connectivity index (χ0) is 18.6. The van der Waals surface area contributed by atoms with Crippen molar-refractivity contribution in [3.8, 4) is 0 Å². The molecule has 0 saturated heterocycles. The Balaban J connectivity index is 2.29. The van der Waals surface area contributed by atoms with Crippen LogP contribution in [-0.2, 0) is 0 Å². The second-order valence-electron chi connectivity index (χ2n) is 4.64. The van der Waals surface area contributed by atoms with E-state index in [-0.39, 0.29) is 33.6 Å². The van der Waals surface area contributed by atoms with E-state index in [0.717, 1.165) is 17.8 Å². The van der Waals surface area contributed by atoms with Crippen LogP contribution in [0.1, 0.15) is 10.4 Å². The van der Waals surface area contributed by atoms with E-state index in [0.29, 0.717) is 4.90 Å². The van der Waals surface area contributed by atoms with Crippen molar-refractivity contribution in [2.24, 2.45) is 0 Å². The van der Waals surface area contributed by atoms with E-state index in [1.54, 1.807) is 6.26 Å². The Labute approximate surface area is 149 Å². The molecule has 2 rings (SSSR count). The van der Waals surface area contributed by atoms with E-state index in [1.165, 1.54) is 36.4 Å². The lowest BCUT2D eigenvalue weighted by Crippen LogP contribution is -2.13. The molecule has 0 bridgehead atoms. The third-order valence-corrected chi connectivity index (χ3v) is 4.59. The molecule has 10 heteroatoms. The molecule has 5 nitrogen and oxygen atoms in total. The monoisotopic (exact) mass is 388 g/mol. The van der Waals surface area contributed by atoms with Crippen LogP contribution in [-0.4, -0.2) is 22.6 Å². The van der Waals surface area contributed by atoms with Crippen LogP contribution in [0, 0.1) is 10.1 Å². The van der Waals surface area contributed by atoms with Crippen molar-refractivity contribution in [2.45, 2.75) is 15.3 Å². The maximum Gasteiger partial charge on any atom is 0.446 e. The molecule has 0 atom stereocenters. The molecule has 0 unspecified atom stereocenters. The van der Waals surface area contributed by atoms with Crippen LogP contribution in [0.3, 0.4) is 0 Å². The number of nitro groups is 1. The first-order chi connectivity index (χ1) is 11.7. The Hall–Kier alpha value is -2.20. The van der Waals surface area contributed by atoms with Crippen molar-refractivity contribution < 1.29 is 22.9 Å². The Morgan fingerprint density at radius 2 is 1.84 bits per heavy atom. The highest BCUT2D eigenvalue weighted by molar-refractivity contribution is 8.00. The largest absolute Gasteiger partial charge is 0.446 e. The molecule has 0 saturated carbocycles. The van der Waals surface area contributed by atoms with Gasteiger partial charge in [-0.2, -0.15) is 13.2 Å². The summed E-state index contributed by atoms with van der Waals surface area (Å²) in [5.41, 5.74) is -4.78. The molecule has 0 aromatic heterocycles. The second kappa shape index (κ2) is 7.79. The molecule has 25 heavy (non-hydrogen) atoms. The van der Waals surface area contributed by atoms with Gasteiger partial charge in [0.2, 0.25) is 0 Å². The van der Waals surface area contributed by atoms with Gasteiger partial charge in [-0.3, -0.25) is 14.9 Å². The van der Waals surface area contributed by atoms with Crippen LogP contribution in [0.5, 0.6) is 0 Å². The van der Waals surface area contributed by atoms with Gasteiger partial charge in [0.05, 0.1) is 15.5 Å². The fourth-order valence-corrected chi connectivity index (χ4v) is 3.12. The molecule has 1 N–H and O–H groups in total. The van der Waals surface area contributed by atoms with E-state index in [1.807, 2.05) is 0 Å². The van der Waals surface area contributed by atoms with Crippen molar-refractivity contribution in [3.05, 3.63) is 58.1 Å². The first kappa shape index (κ1) is 19.1. The highest BCUT2D eigenvalue weighted by atomic mass is 32.2. The summed E-state index contributed by atoms with van der Waals surface area (Å²) < 4.78 is 37.7. The van der Waals surface area contributed by atoms with E-state index in [2.05, 4.69) is 5.32 Å². The number of carbonyl (C=O) groups is 1. The van der Waals surface area contributed by atoms with Gasteiger partial charge in [0.15, 0.2) is 0 Å². The van der Waals surface area contributed by atoms with Gasteiger partial charge in [0.1, 0.15) is 0 Å². The van der Waals surface area contributed by atoms with Gasteiger partial charge in [-0.1, -0.05) is 12.1 Å². The minimum Gasteiger partial charge on any atom is -0.321 e. The molecule has 0 radical (unpaired) electrons. The van der Waals surface area contributed by atoms with Gasteiger partial charge in [0, 0.05) is 16.5 Å². The third kappa shape index (κ3) is 5.13. The van der Waals surface area contributed by atoms with Crippen molar-refractivity contribution >= 4 is 40.8 Å². The standard InChI is InChI=1S/C15H11F3N2O3S2/c1-24-13-7-6-9(8-11(13)20(22)23)14(21)19-10-4-2-3-5-12(10)25-15(16,17)18/h2-8H,1H3,(H,19,21). The lowest BCUT2D eigenvalue weighted by molar-refractivity contribution is -0.387. The number of nitro benzene ring substituents is 1. The van der Waals surface area contributed by atoms with E-state index in [9.17, 15) is 28.1 Å². The van der Waals surface area contributed by atoms with Crippen LogP contribution >= 0.6 is 23.5 Å². The number of hydrogen-bond acceptors (Lipinski definition) is 5. The highest BCUT2D eigenvalue weighted by Crippen LogP contribution is 2.40. The van der Waals surface area contributed by atoms with Gasteiger partial charge in [0.25, 0.3) is 11.6 Å². The molecule has 0 spiro atoms. The Morgan fingerprint density at radius 1 is 1.16 bits per heavy atom. The molecule has 0 aliphatic rings. The molecule has 132 valence electrons. The first-order valence-corrected chi connectivity index (χ1v) is 8.74. The third-order valence-electron chi connectivity index (χ3n) is 3.00. The zero-order valence-corrected chi connectivity index (χ0v) is 14.3. The number of hydrogen-bond donors (Lipinski definition) is 1. The maximum absolute atomic E-state index is 12.6. The lowest BCUT2D eigenvalue weighted by atomic mass is 10.2. The number of halogens is 3. The Bertz CT molecular complexity index is 813. The predicted molar refractivity (Wildman–Crippen MR) is 91.2 cm³/mol. The number of thioether (sulfide) groups is 2. The molecule has 0 fully saturated rings. The molecule has 0 aliphatic carbocycles. The van der Waals surface area contributed by atoms with Crippen LogP contribution in [0.2, 0.25) is 0 Å². The van der Waals surface area contributed by atoms with Gasteiger partial charge in [-0.25, -0.2) is 0 Å². The average Bonchev–Trinajstić information content (AvgIpc) is 2.54. The smallest absolute Gasteiger partial charge is 0.321 e. The molecule has 2 aromatic rings. The fraction of sp³-hybridized carbons (Fsp3) is 0.133. The first-order valence-electron chi connectivity index (χ1n) is 6.70. The summed E-state index contributed by atoms with van der Waals surface area (Å²) in [6.45, 7) is 0. The topological polar surface area (TPSA) is 72.2 Å². The SMILES string of the molecule is CSc1ccc(C(=O)Nc2ccccc2SC(F)(F)F)cc1[N+](=O)[O-]. The zero-order valence-electron chi connectivity index (χ0n) is 12.7. The predicted octanol–water partition coefficient (Wildman–Crippen LogP) is 5.18. The fourth-order valence-electron chi connectivity index (χ4n) is 1.95. The minimum absolute atomic E-state index is 0.0173. The van der Waals surface area contributed by atoms with Crippen LogP contribution in [0.4, 0.5) is 24.5 Å². The van der Waals surface area contributed by atoms with Crippen LogP contribution in [0.25, 0.3) is 0 Å². The summed E-state index contributed by atoms with van der Waals surface area (Å²) in [6.07, 6.45) is 1.66. The summed E-state index contributed by atoms with van der Waals surface area (Å²) in [5.74, 6) is -0.731. The molecule has 0 aliphatic heterocycles. The second-order valence-corrected chi connectivity index (χ2v) is 6.60. The summed E-state index contributed by atoms with van der Waals surface area (Å²) in [7, 11) is 0. The molecular weight excluding hydrogens is 377 g/mol. The molecular formula is C15H11F3N2O3S2. The van der Waals surface area contributed by atoms with Crippen LogP contribution in [0.15, 0.2) is 52.3 Å². The number of benzene rings is 2. The summed E-state index contributed by atoms with van der Waals surface area (Å²) in [4.78, 5) is 22.9. The number of alkyl halides is 3.